The van der Waals surface area contributed by atoms with Crippen molar-refractivity contribution in [2.45, 2.75) is 50.4 Å². The Morgan fingerprint density at radius 2 is 1.38 bits per heavy atom. The van der Waals surface area contributed by atoms with Gasteiger partial charge in [0.2, 0.25) is 5.91 Å². The highest BCUT2D eigenvalue weighted by Crippen LogP contribution is 2.60. The third kappa shape index (κ3) is 3.17. The summed E-state index contributed by atoms with van der Waals surface area (Å²) >= 11 is 0. The molecule has 0 aromatic heterocycles. The van der Waals surface area contributed by atoms with Crippen LogP contribution in [0.5, 0.6) is 0 Å². The summed E-state index contributed by atoms with van der Waals surface area (Å²) in [4.78, 5) is 38.6. The maximum atomic E-state index is 12.5. The molecule has 3 amide bonds. The molecule has 5 nitrogen and oxygen atoms in total. The molecular weight excluding hydrogens is 400 g/mol. The maximum absolute atomic E-state index is 12.5. The smallest absolute Gasteiger partial charge is 0.261 e. The van der Waals surface area contributed by atoms with Crippen LogP contribution in [-0.2, 0) is 10.2 Å². The van der Waals surface area contributed by atoms with Gasteiger partial charge in [-0.05, 0) is 91.5 Å². The number of carbonyl (C=O) groups is 3. The second kappa shape index (κ2) is 7.29. The van der Waals surface area contributed by atoms with E-state index in [1.165, 1.54) is 49.0 Å². The number of nitrogens with one attached hydrogen (secondary N) is 1. The molecule has 4 aliphatic carbocycles. The van der Waals surface area contributed by atoms with Gasteiger partial charge in [-0.3, -0.25) is 19.3 Å². The number of hydrogen-bond donors (Lipinski definition) is 1. The van der Waals surface area contributed by atoms with Crippen LogP contribution in [0.25, 0.3) is 0 Å². The summed E-state index contributed by atoms with van der Waals surface area (Å²) < 4.78 is 0. The van der Waals surface area contributed by atoms with E-state index >= 15 is 0 Å². The van der Waals surface area contributed by atoms with Gasteiger partial charge in [-0.25, -0.2) is 0 Å². The molecule has 1 N–H and O–H groups in total. The fourth-order valence-electron chi connectivity index (χ4n) is 7.25. The van der Waals surface area contributed by atoms with Gasteiger partial charge in [0.05, 0.1) is 11.1 Å². The Bertz CT molecular complexity index is 1030. The molecule has 0 atom stereocenters. The molecule has 4 bridgehead atoms. The number of benzene rings is 2. The predicted molar refractivity (Wildman–Crippen MR) is 121 cm³/mol. The van der Waals surface area contributed by atoms with E-state index in [0.29, 0.717) is 16.5 Å². The van der Waals surface area contributed by atoms with Crippen LogP contribution in [0.4, 0.5) is 5.69 Å². The number of amides is 3. The van der Waals surface area contributed by atoms with E-state index in [-0.39, 0.29) is 30.7 Å². The molecule has 0 radical (unpaired) electrons. The molecule has 4 fully saturated rings. The number of hydrogen-bond acceptors (Lipinski definition) is 3. The second-order valence-electron chi connectivity index (χ2n) is 10.4. The average molecular weight is 429 g/mol. The first-order valence-electron chi connectivity index (χ1n) is 11.9. The molecule has 1 aliphatic heterocycles. The lowest BCUT2D eigenvalue weighted by molar-refractivity contribution is -0.116. The largest absolute Gasteiger partial charge is 0.326 e. The number of imide groups is 1. The number of anilines is 1. The maximum Gasteiger partial charge on any atom is 0.261 e. The fourth-order valence-corrected chi connectivity index (χ4v) is 7.25. The van der Waals surface area contributed by atoms with Crippen molar-refractivity contribution in [2.75, 3.05) is 11.9 Å². The highest BCUT2D eigenvalue weighted by atomic mass is 16.2. The third-order valence-electron chi connectivity index (χ3n) is 8.26. The average Bonchev–Trinajstić information content (AvgIpc) is 3.02. The van der Waals surface area contributed by atoms with Crippen LogP contribution in [0.2, 0.25) is 0 Å². The van der Waals surface area contributed by atoms with E-state index in [1.807, 2.05) is 12.1 Å². The second-order valence-corrected chi connectivity index (χ2v) is 10.4. The zero-order chi connectivity index (χ0) is 21.9. The van der Waals surface area contributed by atoms with E-state index in [2.05, 4.69) is 17.4 Å². The summed E-state index contributed by atoms with van der Waals surface area (Å²) in [5, 5.41) is 2.93. The molecule has 164 valence electrons. The van der Waals surface area contributed by atoms with Gasteiger partial charge in [0.15, 0.2) is 0 Å². The molecule has 7 rings (SSSR count). The predicted octanol–water partition coefficient (Wildman–Crippen LogP) is 4.78. The summed E-state index contributed by atoms with van der Waals surface area (Å²) in [6.07, 6.45) is 8.35. The van der Waals surface area contributed by atoms with Crippen LogP contribution in [0, 0.1) is 17.8 Å². The minimum Gasteiger partial charge on any atom is -0.326 e. The molecule has 0 unspecified atom stereocenters. The van der Waals surface area contributed by atoms with Crippen LogP contribution < -0.4 is 5.32 Å². The van der Waals surface area contributed by atoms with Crippen molar-refractivity contribution in [1.29, 1.82) is 0 Å². The molecule has 4 saturated carbocycles. The zero-order valence-corrected chi connectivity index (χ0v) is 18.2. The highest BCUT2D eigenvalue weighted by Gasteiger charge is 2.51. The monoisotopic (exact) mass is 428 g/mol. The molecule has 5 aliphatic rings. The lowest BCUT2D eigenvalue weighted by atomic mass is 9.48. The van der Waals surface area contributed by atoms with Crippen LogP contribution in [-0.4, -0.2) is 29.2 Å². The lowest BCUT2D eigenvalue weighted by Gasteiger charge is -2.57. The van der Waals surface area contributed by atoms with E-state index in [1.54, 1.807) is 24.3 Å². The summed E-state index contributed by atoms with van der Waals surface area (Å²) in [6.45, 7) is 0.0868. The zero-order valence-electron chi connectivity index (χ0n) is 18.2. The number of carbonyl (C=O) groups excluding carboxylic acids is 3. The Morgan fingerprint density at radius 3 is 1.91 bits per heavy atom. The van der Waals surface area contributed by atoms with Gasteiger partial charge in [0, 0.05) is 18.7 Å². The molecule has 2 aromatic rings. The first-order valence-corrected chi connectivity index (χ1v) is 11.9. The van der Waals surface area contributed by atoms with Gasteiger partial charge in [0.1, 0.15) is 0 Å². The first-order chi connectivity index (χ1) is 15.5. The highest BCUT2D eigenvalue weighted by molar-refractivity contribution is 6.21. The lowest BCUT2D eigenvalue weighted by Crippen LogP contribution is -2.48. The van der Waals surface area contributed by atoms with Crippen LogP contribution >= 0.6 is 0 Å². The minimum absolute atomic E-state index is 0.0855. The van der Waals surface area contributed by atoms with Crippen LogP contribution in [0.15, 0.2) is 48.5 Å². The van der Waals surface area contributed by atoms with Gasteiger partial charge in [0.25, 0.3) is 11.8 Å². The molecule has 5 heteroatoms. The van der Waals surface area contributed by atoms with Crippen molar-refractivity contribution < 1.29 is 14.4 Å². The minimum atomic E-state index is -0.321. The number of fused-ring (bicyclic) bond motifs is 1. The van der Waals surface area contributed by atoms with Crippen molar-refractivity contribution >= 4 is 23.4 Å². The molecule has 2 aromatic carbocycles. The quantitative estimate of drug-likeness (QED) is 0.697. The first kappa shape index (κ1) is 19.7. The van der Waals surface area contributed by atoms with Crippen LogP contribution in [0.1, 0.15) is 71.2 Å². The van der Waals surface area contributed by atoms with E-state index < -0.39 is 0 Å². The Balaban J connectivity index is 1.08. The van der Waals surface area contributed by atoms with Crippen molar-refractivity contribution in [3.05, 3.63) is 65.2 Å². The summed E-state index contributed by atoms with van der Waals surface area (Å²) in [7, 11) is 0. The van der Waals surface area contributed by atoms with Gasteiger partial charge < -0.3 is 5.32 Å². The topological polar surface area (TPSA) is 66.5 Å². The Labute approximate surface area is 188 Å². The van der Waals surface area contributed by atoms with Crippen molar-refractivity contribution in [3.8, 4) is 0 Å². The van der Waals surface area contributed by atoms with E-state index in [4.69, 9.17) is 0 Å². The van der Waals surface area contributed by atoms with Crippen LogP contribution in [0.3, 0.4) is 0 Å². The summed E-state index contributed by atoms with van der Waals surface area (Å²) in [5.41, 5.74) is 3.38. The summed E-state index contributed by atoms with van der Waals surface area (Å²) in [5.74, 6) is 1.88. The van der Waals surface area contributed by atoms with Crippen molar-refractivity contribution in [1.82, 2.24) is 4.90 Å². The molecule has 32 heavy (non-hydrogen) atoms. The summed E-state index contributed by atoms with van der Waals surface area (Å²) in [6, 6.07) is 15.2. The Hall–Kier alpha value is -2.95. The van der Waals surface area contributed by atoms with Gasteiger partial charge in [-0.1, -0.05) is 24.3 Å². The molecule has 1 heterocycles. The van der Waals surface area contributed by atoms with Gasteiger partial charge >= 0.3 is 0 Å². The molecule has 0 saturated heterocycles. The van der Waals surface area contributed by atoms with Crippen molar-refractivity contribution in [3.63, 3.8) is 0 Å². The van der Waals surface area contributed by atoms with E-state index in [0.717, 1.165) is 23.4 Å². The Kier molecular flexibility index (Phi) is 4.49. The number of rotatable bonds is 5. The molecular formula is C27H28N2O3. The number of nitrogens with zero attached hydrogens (tertiary/aromatic N) is 1. The third-order valence-corrected chi connectivity index (χ3v) is 8.26. The van der Waals surface area contributed by atoms with Crippen molar-refractivity contribution in [2.24, 2.45) is 17.8 Å². The van der Waals surface area contributed by atoms with E-state index in [9.17, 15) is 14.4 Å². The van der Waals surface area contributed by atoms with Gasteiger partial charge in [-0.15, -0.1) is 0 Å². The standard InChI is InChI=1S/C27H28N2O3/c30-24(9-10-29-25(31)22-3-1-2-4-23(22)26(29)32)28-21-7-5-20(6-8-21)27-14-17-11-18(15-27)13-19(12-17)16-27/h1-8,17-19H,9-16H2,(H,28,30). The Morgan fingerprint density at radius 1 is 0.844 bits per heavy atom. The molecule has 0 spiro atoms. The fraction of sp³-hybridized carbons (Fsp3) is 0.444. The normalized spacial score (nSPS) is 30.0. The van der Waals surface area contributed by atoms with Gasteiger partial charge in [-0.2, -0.15) is 0 Å². The SMILES string of the molecule is O=C(CCN1C(=O)c2ccccc2C1=O)Nc1ccc(C23CC4CC(CC(C4)C2)C3)cc1.